The van der Waals surface area contributed by atoms with Crippen LogP contribution in [0.4, 0.5) is 0 Å². The van der Waals surface area contributed by atoms with Crippen LogP contribution in [0, 0.1) is 22.7 Å². The Morgan fingerprint density at radius 1 is 1.05 bits per heavy atom. The van der Waals surface area contributed by atoms with Crippen LogP contribution in [0.15, 0.2) is 0 Å². The van der Waals surface area contributed by atoms with Gasteiger partial charge < -0.3 is 4.74 Å². The highest BCUT2D eigenvalue weighted by molar-refractivity contribution is 5.89. The molecule has 5 aliphatic rings. The summed E-state index contributed by atoms with van der Waals surface area (Å²) in [6, 6.07) is 0. The van der Waals surface area contributed by atoms with E-state index in [2.05, 4.69) is 20.8 Å². The molecule has 5 rings (SSSR count). The average Bonchev–Trinajstić information content (AvgIpc) is 2.75. The molecule has 19 heavy (non-hydrogen) atoms. The SMILES string of the molecule is C1CC2CCC1CO2.CC1(C)[C@@H]2CC[C@@]1(C)C(=O)C2. The standard InChI is InChI=1S/C10H16O.C7H12O/c1-9(2)7-4-5-10(9,3)8(11)6-7;1-3-7-4-2-6(1)5-8-7/h7H,4-6H2,1-3H3;6-7H,1-5H2/t7-,10+;/m1./s1. The molecule has 2 aliphatic heterocycles. The first-order valence-electron chi connectivity index (χ1n) is 8.08. The summed E-state index contributed by atoms with van der Waals surface area (Å²) < 4.78 is 5.48. The van der Waals surface area contributed by atoms with Crippen molar-refractivity contribution in [3.8, 4) is 0 Å². The Morgan fingerprint density at radius 2 is 1.74 bits per heavy atom. The number of carbonyl (C=O) groups is 1. The smallest absolute Gasteiger partial charge is 0.139 e. The molecule has 0 radical (unpaired) electrons. The zero-order chi connectivity index (χ0) is 13.7. The summed E-state index contributed by atoms with van der Waals surface area (Å²) in [7, 11) is 0. The van der Waals surface area contributed by atoms with Crippen molar-refractivity contribution in [3.63, 3.8) is 0 Å². The number of carbonyl (C=O) groups excluding carboxylic acids is 1. The molecule has 3 aliphatic carbocycles. The Hall–Kier alpha value is -0.370. The third-order valence-electron chi connectivity index (χ3n) is 6.84. The number of fused-ring (bicyclic) bond motifs is 5. The molecule has 5 fully saturated rings. The molecule has 2 atom stereocenters. The lowest BCUT2D eigenvalue weighted by Crippen LogP contribution is -2.32. The minimum Gasteiger partial charge on any atom is -0.378 e. The van der Waals surface area contributed by atoms with Crippen molar-refractivity contribution in [2.75, 3.05) is 6.61 Å². The van der Waals surface area contributed by atoms with Crippen molar-refractivity contribution in [2.45, 2.75) is 71.8 Å². The second kappa shape index (κ2) is 4.58. The first-order chi connectivity index (χ1) is 8.93. The Balaban J connectivity index is 0.000000122. The predicted octanol–water partition coefficient (Wildman–Crippen LogP) is 3.98. The molecule has 108 valence electrons. The van der Waals surface area contributed by atoms with E-state index in [1.165, 1.54) is 32.1 Å². The van der Waals surface area contributed by atoms with Gasteiger partial charge in [0, 0.05) is 18.4 Å². The molecule has 4 bridgehead atoms. The molecule has 0 spiro atoms. The van der Waals surface area contributed by atoms with Gasteiger partial charge in [-0.05, 0) is 55.8 Å². The quantitative estimate of drug-likeness (QED) is 0.661. The Morgan fingerprint density at radius 3 is 1.89 bits per heavy atom. The maximum Gasteiger partial charge on any atom is 0.139 e. The average molecular weight is 264 g/mol. The summed E-state index contributed by atoms with van der Waals surface area (Å²) in [6.45, 7) is 7.73. The van der Waals surface area contributed by atoms with Crippen molar-refractivity contribution < 1.29 is 9.53 Å². The molecule has 2 heterocycles. The van der Waals surface area contributed by atoms with Gasteiger partial charge in [0.05, 0.1) is 6.10 Å². The van der Waals surface area contributed by atoms with Gasteiger partial charge in [-0.15, -0.1) is 0 Å². The normalized spacial score (nSPS) is 46.1. The van der Waals surface area contributed by atoms with Gasteiger partial charge in [-0.2, -0.15) is 0 Å². The maximum absolute atomic E-state index is 11.6. The van der Waals surface area contributed by atoms with Crippen LogP contribution in [-0.2, 0) is 9.53 Å². The molecular weight excluding hydrogens is 236 g/mol. The van der Waals surface area contributed by atoms with Gasteiger partial charge in [-0.25, -0.2) is 0 Å². The summed E-state index contributed by atoms with van der Waals surface area (Å²) in [4.78, 5) is 11.6. The molecule has 0 aromatic carbocycles. The highest BCUT2D eigenvalue weighted by Crippen LogP contribution is 2.63. The number of hydrogen-bond acceptors (Lipinski definition) is 2. The lowest BCUT2D eigenvalue weighted by atomic mass is 9.70. The van der Waals surface area contributed by atoms with Gasteiger partial charge in [0.2, 0.25) is 0 Å². The first-order valence-corrected chi connectivity index (χ1v) is 8.08. The van der Waals surface area contributed by atoms with Crippen LogP contribution < -0.4 is 0 Å². The Labute approximate surface area is 117 Å². The lowest BCUT2D eigenvalue weighted by Gasteiger charge is -2.35. The van der Waals surface area contributed by atoms with Crippen LogP contribution in [0.3, 0.4) is 0 Å². The molecule has 0 aromatic rings. The predicted molar refractivity (Wildman–Crippen MR) is 75.9 cm³/mol. The summed E-state index contributed by atoms with van der Waals surface area (Å²) in [5.41, 5.74) is 0.307. The summed E-state index contributed by atoms with van der Waals surface area (Å²) in [5, 5.41) is 0. The summed E-state index contributed by atoms with van der Waals surface area (Å²) in [5.74, 6) is 2.12. The van der Waals surface area contributed by atoms with E-state index in [0.717, 1.165) is 25.4 Å². The number of ketones is 1. The fourth-order valence-electron chi connectivity index (χ4n) is 4.64. The van der Waals surface area contributed by atoms with Gasteiger partial charge in [-0.3, -0.25) is 4.79 Å². The molecule has 0 unspecified atom stereocenters. The first kappa shape index (κ1) is 13.6. The number of Topliss-reactive ketones (excluding diaryl/α,β-unsaturated/α-hetero) is 1. The van der Waals surface area contributed by atoms with Crippen LogP contribution in [0.5, 0.6) is 0 Å². The topological polar surface area (TPSA) is 26.3 Å². The van der Waals surface area contributed by atoms with E-state index in [1.54, 1.807) is 0 Å². The number of hydrogen-bond donors (Lipinski definition) is 0. The highest BCUT2D eigenvalue weighted by atomic mass is 16.5. The van der Waals surface area contributed by atoms with Gasteiger partial charge in [0.25, 0.3) is 0 Å². The van der Waals surface area contributed by atoms with E-state index in [1.807, 2.05) is 0 Å². The van der Waals surface area contributed by atoms with Crippen molar-refractivity contribution >= 4 is 5.78 Å². The molecule has 0 N–H and O–H groups in total. The van der Waals surface area contributed by atoms with E-state index >= 15 is 0 Å². The largest absolute Gasteiger partial charge is 0.378 e. The minimum absolute atomic E-state index is 0.0255. The highest BCUT2D eigenvalue weighted by Gasteiger charge is 2.61. The second-order valence-corrected chi connectivity index (χ2v) is 7.89. The van der Waals surface area contributed by atoms with E-state index in [4.69, 9.17) is 4.74 Å². The van der Waals surface area contributed by atoms with E-state index in [-0.39, 0.29) is 10.8 Å². The zero-order valence-corrected chi connectivity index (χ0v) is 12.7. The zero-order valence-electron chi connectivity index (χ0n) is 12.7. The van der Waals surface area contributed by atoms with Gasteiger partial charge in [-0.1, -0.05) is 20.8 Å². The fourth-order valence-corrected chi connectivity index (χ4v) is 4.64. The van der Waals surface area contributed by atoms with E-state index in [9.17, 15) is 4.79 Å². The third kappa shape index (κ3) is 2.07. The second-order valence-electron chi connectivity index (χ2n) is 7.89. The molecule has 3 saturated carbocycles. The fraction of sp³-hybridized carbons (Fsp3) is 0.941. The monoisotopic (exact) mass is 264 g/mol. The van der Waals surface area contributed by atoms with Crippen molar-refractivity contribution in [2.24, 2.45) is 22.7 Å². The van der Waals surface area contributed by atoms with Crippen molar-refractivity contribution in [1.82, 2.24) is 0 Å². The molecular formula is C17H28O2. The van der Waals surface area contributed by atoms with Crippen LogP contribution in [0.1, 0.15) is 65.7 Å². The number of rotatable bonds is 0. The van der Waals surface area contributed by atoms with E-state index in [0.29, 0.717) is 17.8 Å². The van der Waals surface area contributed by atoms with E-state index < -0.39 is 0 Å². The van der Waals surface area contributed by atoms with Gasteiger partial charge in [0.15, 0.2) is 0 Å². The molecule has 0 amide bonds. The minimum atomic E-state index is 0.0255. The van der Waals surface area contributed by atoms with Crippen LogP contribution in [0.2, 0.25) is 0 Å². The van der Waals surface area contributed by atoms with Crippen LogP contribution in [0.25, 0.3) is 0 Å². The van der Waals surface area contributed by atoms with Crippen LogP contribution in [-0.4, -0.2) is 18.5 Å². The molecule has 2 nitrogen and oxygen atoms in total. The Bertz CT molecular complexity index is 342. The van der Waals surface area contributed by atoms with Gasteiger partial charge >= 0.3 is 0 Å². The summed E-state index contributed by atoms with van der Waals surface area (Å²) >= 11 is 0. The molecule has 2 heteroatoms. The van der Waals surface area contributed by atoms with Crippen LogP contribution >= 0.6 is 0 Å². The number of ether oxygens (including phenoxy) is 1. The van der Waals surface area contributed by atoms with Crippen molar-refractivity contribution in [3.05, 3.63) is 0 Å². The molecule has 2 saturated heterocycles. The van der Waals surface area contributed by atoms with Crippen molar-refractivity contribution in [1.29, 1.82) is 0 Å². The lowest BCUT2D eigenvalue weighted by molar-refractivity contribution is -0.128. The summed E-state index contributed by atoms with van der Waals surface area (Å²) in [6.07, 6.45) is 9.45. The maximum atomic E-state index is 11.6. The third-order valence-corrected chi connectivity index (χ3v) is 6.84. The Kier molecular flexibility index (Phi) is 3.28. The molecule has 0 aromatic heterocycles. The van der Waals surface area contributed by atoms with Gasteiger partial charge in [0.1, 0.15) is 5.78 Å².